The van der Waals surface area contributed by atoms with Crippen molar-refractivity contribution in [1.29, 1.82) is 0 Å². The molecule has 1 aliphatic rings. The van der Waals surface area contributed by atoms with E-state index in [0.717, 1.165) is 25.7 Å². The van der Waals surface area contributed by atoms with Crippen LogP contribution in [0, 0.1) is 0 Å². The maximum absolute atomic E-state index is 11.7. The summed E-state index contributed by atoms with van der Waals surface area (Å²) in [5.41, 5.74) is 0. The number of unbranched alkanes of at least 4 members (excludes halogenated alkanes) is 1. The molecule has 6 heteroatoms. The van der Waals surface area contributed by atoms with Gasteiger partial charge in [0.15, 0.2) is 0 Å². The lowest BCUT2D eigenvalue weighted by Gasteiger charge is -2.35. The maximum atomic E-state index is 11.7. The highest BCUT2D eigenvalue weighted by Gasteiger charge is 2.31. The first-order chi connectivity index (χ1) is 9.06. The van der Waals surface area contributed by atoms with Crippen LogP contribution in [-0.4, -0.2) is 41.9 Å². The molecule has 110 valence electrons. The average Bonchev–Trinajstić information content (AvgIpc) is 2.31. The Kier molecular flexibility index (Phi) is 6.62. The number of rotatable bonds is 8. The zero-order valence-electron chi connectivity index (χ0n) is 11.6. The maximum Gasteiger partial charge on any atom is 0.326 e. The highest BCUT2D eigenvalue weighted by atomic mass is 16.5. The monoisotopic (exact) mass is 272 g/mol. The van der Waals surface area contributed by atoms with E-state index in [1.165, 1.54) is 0 Å². The molecule has 0 unspecified atom stereocenters. The summed E-state index contributed by atoms with van der Waals surface area (Å²) in [6, 6.07) is -1.11. The van der Waals surface area contributed by atoms with Crippen LogP contribution in [0.5, 0.6) is 0 Å². The average molecular weight is 272 g/mol. The smallest absolute Gasteiger partial charge is 0.326 e. The highest BCUT2D eigenvalue weighted by Crippen LogP contribution is 2.22. The lowest BCUT2D eigenvalue weighted by atomic mass is 9.89. The van der Waals surface area contributed by atoms with Crippen molar-refractivity contribution in [3.05, 3.63) is 0 Å². The summed E-state index contributed by atoms with van der Waals surface area (Å²) in [5, 5.41) is 14.3. The Balaban J connectivity index is 2.24. The zero-order valence-corrected chi connectivity index (χ0v) is 11.6. The molecule has 0 aromatic rings. The van der Waals surface area contributed by atoms with Gasteiger partial charge in [-0.05, 0) is 26.2 Å². The van der Waals surface area contributed by atoms with Gasteiger partial charge in [-0.2, -0.15) is 0 Å². The number of amides is 2. The van der Waals surface area contributed by atoms with E-state index in [0.29, 0.717) is 13.0 Å². The molecule has 1 aliphatic carbocycles. The predicted molar refractivity (Wildman–Crippen MR) is 71.1 cm³/mol. The van der Waals surface area contributed by atoms with Crippen LogP contribution in [0.2, 0.25) is 0 Å². The predicted octanol–water partition coefficient (Wildman–Crippen LogP) is 1.50. The van der Waals surface area contributed by atoms with E-state index in [2.05, 4.69) is 10.6 Å². The normalized spacial score (nSPS) is 23.3. The topological polar surface area (TPSA) is 87.7 Å². The standard InChI is InChI=1S/C13H24N2O4/c1-3-5-6-11(12(16)17)15-13(18)14-9-7-10(8-9)19-4-2/h9-11H,3-8H2,1-2H3,(H,16,17)(H2,14,15,18)/t9?,10?,11-/m0/s1. The van der Waals surface area contributed by atoms with Crippen molar-refractivity contribution >= 4 is 12.0 Å². The Bertz CT molecular complexity index is 303. The second-order valence-corrected chi connectivity index (χ2v) is 4.90. The third-order valence-electron chi connectivity index (χ3n) is 3.28. The number of nitrogens with one attached hydrogen (secondary N) is 2. The van der Waals surface area contributed by atoms with Crippen molar-refractivity contribution in [3.63, 3.8) is 0 Å². The van der Waals surface area contributed by atoms with Gasteiger partial charge < -0.3 is 20.5 Å². The van der Waals surface area contributed by atoms with Crippen molar-refractivity contribution in [1.82, 2.24) is 10.6 Å². The van der Waals surface area contributed by atoms with Gasteiger partial charge in [-0.25, -0.2) is 9.59 Å². The lowest BCUT2D eigenvalue weighted by molar-refractivity contribution is -0.139. The van der Waals surface area contributed by atoms with Crippen LogP contribution in [0.1, 0.15) is 46.0 Å². The Morgan fingerprint density at radius 1 is 1.37 bits per heavy atom. The first-order valence-corrected chi connectivity index (χ1v) is 6.98. The van der Waals surface area contributed by atoms with E-state index in [4.69, 9.17) is 9.84 Å². The van der Waals surface area contributed by atoms with Crippen molar-refractivity contribution < 1.29 is 19.4 Å². The summed E-state index contributed by atoms with van der Waals surface area (Å²) in [5.74, 6) is -0.982. The Hall–Kier alpha value is -1.30. The third-order valence-corrected chi connectivity index (χ3v) is 3.28. The minimum absolute atomic E-state index is 0.0946. The molecule has 0 saturated heterocycles. The molecule has 1 saturated carbocycles. The van der Waals surface area contributed by atoms with E-state index in [-0.39, 0.29) is 12.1 Å². The molecule has 1 rings (SSSR count). The molecule has 0 aromatic carbocycles. The number of hydrogen-bond donors (Lipinski definition) is 3. The molecular weight excluding hydrogens is 248 g/mol. The van der Waals surface area contributed by atoms with Gasteiger partial charge in [-0.15, -0.1) is 0 Å². The van der Waals surface area contributed by atoms with E-state index in [9.17, 15) is 9.59 Å². The molecule has 0 aliphatic heterocycles. The summed E-state index contributed by atoms with van der Waals surface area (Å²) in [6.45, 7) is 4.61. The second-order valence-electron chi connectivity index (χ2n) is 4.90. The van der Waals surface area contributed by atoms with Crippen LogP contribution in [0.15, 0.2) is 0 Å². The van der Waals surface area contributed by atoms with Crippen LogP contribution >= 0.6 is 0 Å². The third kappa shape index (κ3) is 5.46. The van der Waals surface area contributed by atoms with Gasteiger partial charge in [-0.1, -0.05) is 19.8 Å². The van der Waals surface area contributed by atoms with Crippen LogP contribution < -0.4 is 10.6 Å². The van der Waals surface area contributed by atoms with E-state index < -0.39 is 18.0 Å². The summed E-state index contributed by atoms with van der Waals surface area (Å²) >= 11 is 0. The molecule has 0 aromatic heterocycles. The van der Waals surface area contributed by atoms with Gasteiger partial charge in [0.25, 0.3) is 0 Å². The minimum atomic E-state index is -0.982. The molecule has 0 bridgehead atoms. The summed E-state index contributed by atoms with van der Waals surface area (Å²) in [7, 11) is 0. The first kappa shape index (κ1) is 15.8. The van der Waals surface area contributed by atoms with Crippen LogP contribution in [0.25, 0.3) is 0 Å². The van der Waals surface area contributed by atoms with E-state index >= 15 is 0 Å². The van der Waals surface area contributed by atoms with Crippen molar-refractivity contribution in [2.75, 3.05) is 6.61 Å². The SMILES string of the molecule is CCCC[C@H](NC(=O)NC1CC(OCC)C1)C(=O)O. The number of carboxylic acid groups (broad SMARTS) is 1. The molecule has 0 spiro atoms. The van der Waals surface area contributed by atoms with Crippen molar-refractivity contribution in [2.45, 2.75) is 64.1 Å². The van der Waals surface area contributed by atoms with Crippen LogP contribution in [0.3, 0.4) is 0 Å². The molecule has 19 heavy (non-hydrogen) atoms. The zero-order chi connectivity index (χ0) is 14.3. The number of carbonyl (C=O) groups is 2. The number of carbonyl (C=O) groups excluding carboxylic acids is 1. The Labute approximate surface area is 113 Å². The summed E-state index contributed by atoms with van der Waals surface area (Å²) in [4.78, 5) is 22.6. The largest absolute Gasteiger partial charge is 0.480 e. The van der Waals surface area contributed by atoms with Gasteiger partial charge in [0, 0.05) is 12.6 Å². The van der Waals surface area contributed by atoms with Crippen molar-refractivity contribution in [2.24, 2.45) is 0 Å². The Morgan fingerprint density at radius 3 is 2.58 bits per heavy atom. The molecule has 3 N–H and O–H groups in total. The van der Waals surface area contributed by atoms with Gasteiger partial charge in [0.1, 0.15) is 6.04 Å². The highest BCUT2D eigenvalue weighted by molar-refractivity contribution is 5.82. The molecule has 1 atom stereocenters. The summed E-state index contributed by atoms with van der Waals surface area (Å²) in [6.07, 6.45) is 3.98. The number of aliphatic carboxylic acids is 1. The van der Waals surface area contributed by atoms with Crippen LogP contribution in [0.4, 0.5) is 4.79 Å². The fraction of sp³-hybridized carbons (Fsp3) is 0.846. The number of hydrogen-bond acceptors (Lipinski definition) is 3. The number of urea groups is 1. The van der Waals surface area contributed by atoms with E-state index in [1.54, 1.807) is 0 Å². The van der Waals surface area contributed by atoms with Gasteiger partial charge >= 0.3 is 12.0 Å². The van der Waals surface area contributed by atoms with Gasteiger partial charge in [0.05, 0.1) is 6.10 Å². The minimum Gasteiger partial charge on any atom is -0.480 e. The fourth-order valence-electron chi connectivity index (χ4n) is 2.11. The molecule has 6 nitrogen and oxygen atoms in total. The number of carboxylic acids is 1. The molecular formula is C13H24N2O4. The summed E-state index contributed by atoms with van der Waals surface area (Å²) < 4.78 is 5.40. The van der Waals surface area contributed by atoms with Crippen LogP contribution in [-0.2, 0) is 9.53 Å². The lowest BCUT2D eigenvalue weighted by Crippen LogP contribution is -2.53. The fourth-order valence-corrected chi connectivity index (χ4v) is 2.11. The molecule has 0 heterocycles. The van der Waals surface area contributed by atoms with Crippen molar-refractivity contribution in [3.8, 4) is 0 Å². The quantitative estimate of drug-likeness (QED) is 0.625. The Morgan fingerprint density at radius 2 is 2.05 bits per heavy atom. The van der Waals surface area contributed by atoms with Gasteiger partial charge in [-0.3, -0.25) is 0 Å². The second kappa shape index (κ2) is 7.99. The number of ether oxygens (including phenoxy) is 1. The van der Waals surface area contributed by atoms with Gasteiger partial charge in [0.2, 0.25) is 0 Å². The molecule has 0 radical (unpaired) electrons. The van der Waals surface area contributed by atoms with E-state index in [1.807, 2.05) is 13.8 Å². The first-order valence-electron chi connectivity index (χ1n) is 6.98. The molecule has 1 fully saturated rings. The molecule has 2 amide bonds.